The fourth-order valence-corrected chi connectivity index (χ4v) is 2.53. The number of benzene rings is 2. The summed E-state index contributed by atoms with van der Waals surface area (Å²) in [6, 6.07) is 18.8. The molecule has 0 spiro atoms. The van der Waals surface area contributed by atoms with Crippen LogP contribution < -0.4 is 10.1 Å². The molecule has 0 unspecified atom stereocenters. The van der Waals surface area contributed by atoms with Gasteiger partial charge in [0, 0.05) is 23.5 Å². The highest BCUT2D eigenvalue weighted by molar-refractivity contribution is 6.09. The summed E-state index contributed by atoms with van der Waals surface area (Å²) in [5, 5.41) is 16.3. The van der Waals surface area contributed by atoms with Gasteiger partial charge in [0.15, 0.2) is 0 Å². The van der Waals surface area contributed by atoms with Gasteiger partial charge in [-0.05, 0) is 23.8 Å². The molecule has 0 aliphatic heterocycles. The normalized spacial score (nSPS) is 10.9. The third-order valence-electron chi connectivity index (χ3n) is 3.84. The Balaban J connectivity index is 1.72. The molecule has 1 heterocycles. The van der Waals surface area contributed by atoms with Crippen LogP contribution in [-0.4, -0.2) is 22.8 Å². The number of nitrogens with one attached hydrogen (secondary N) is 1. The lowest BCUT2D eigenvalue weighted by Crippen LogP contribution is -2.13. The first-order valence-electron chi connectivity index (χ1n) is 8.31. The van der Waals surface area contributed by atoms with E-state index in [0.717, 1.165) is 5.56 Å². The van der Waals surface area contributed by atoms with Gasteiger partial charge in [-0.15, -0.1) is 0 Å². The lowest BCUT2D eigenvalue weighted by atomic mass is 10.2. The molecular formula is C21H18N4O2. The highest BCUT2D eigenvalue weighted by Crippen LogP contribution is 2.18. The first-order chi connectivity index (χ1) is 13.2. The number of hydrogen-bond donors (Lipinski definition) is 1. The minimum Gasteiger partial charge on any atom is -0.497 e. The van der Waals surface area contributed by atoms with Gasteiger partial charge in [0.2, 0.25) is 0 Å². The van der Waals surface area contributed by atoms with Crippen molar-refractivity contribution in [1.82, 2.24) is 9.78 Å². The molecule has 0 radical (unpaired) electrons. The SMILES string of the molecule is COc1cccc(NC(=O)C(C#N)=Cc2cnn(Cc3ccccc3)c2)c1. The molecular weight excluding hydrogens is 340 g/mol. The monoisotopic (exact) mass is 358 g/mol. The van der Waals surface area contributed by atoms with Crippen LogP contribution in [-0.2, 0) is 11.3 Å². The van der Waals surface area contributed by atoms with E-state index in [0.29, 0.717) is 23.5 Å². The van der Waals surface area contributed by atoms with E-state index in [2.05, 4.69) is 10.4 Å². The predicted octanol–water partition coefficient (Wildman–Crippen LogP) is 3.49. The van der Waals surface area contributed by atoms with Gasteiger partial charge >= 0.3 is 0 Å². The predicted molar refractivity (Wildman–Crippen MR) is 103 cm³/mol. The van der Waals surface area contributed by atoms with Gasteiger partial charge < -0.3 is 10.1 Å². The topological polar surface area (TPSA) is 79.9 Å². The maximum Gasteiger partial charge on any atom is 0.266 e. The van der Waals surface area contributed by atoms with Crippen LogP contribution >= 0.6 is 0 Å². The van der Waals surface area contributed by atoms with Gasteiger partial charge in [0.25, 0.3) is 5.91 Å². The molecule has 0 bridgehead atoms. The zero-order valence-electron chi connectivity index (χ0n) is 14.8. The van der Waals surface area contributed by atoms with Crippen molar-refractivity contribution >= 4 is 17.7 Å². The third kappa shape index (κ3) is 4.83. The van der Waals surface area contributed by atoms with Crippen molar-refractivity contribution in [2.45, 2.75) is 6.54 Å². The fourth-order valence-electron chi connectivity index (χ4n) is 2.53. The van der Waals surface area contributed by atoms with Crippen molar-refractivity contribution in [3.05, 3.63) is 83.7 Å². The van der Waals surface area contributed by atoms with Crippen molar-refractivity contribution in [3.63, 3.8) is 0 Å². The first-order valence-corrected chi connectivity index (χ1v) is 8.31. The molecule has 0 aliphatic rings. The Morgan fingerprint density at radius 1 is 1.26 bits per heavy atom. The Hall–Kier alpha value is -3.85. The van der Waals surface area contributed by atoms with Gasteiger partial charge in [-0.25, -0.2) is 0 Å². The van der Waals surface area contributed by atoms with Gasteiger partial charge in [-0.2, -0.15) is 10.4 Å². The van der Waals surface area contributed by atoms with Crippen LogP contribution in [0.25, 0.3) is 6.08 Å². The van der Waals surface area contributed by atoms with Crippen molar-refractivity contribution in [2.24, 2.45) is 0 Å². The van der Waals surface area contributed by atoms with Gasteiger partial charge in [0.05, 0.1) is 19.9 Å². The second kappa shape index (κ2) is 8.50. The minimum atomic E-state index is -0.485. The average Bonchev–Trinajstić information content (AvgIpc) is 3.14. The minimum absolute atomic E-state index is 0.00270. The molecule has 1 aromatic heterocycles. The van der Waals surface area contributed by atoms with Crippen molar-refractivity contribution in [2.75, 3.05) is 12.4 Å². The average molecular weight is 358 g/mol. The largest absolute Gasteiger partial charge is 0.497 e. The number of rotatable bonds is 6. The number of amides is 1. The zero-order chi connectivity index (χ0) is 19.1. The molecule has 0 atom stereocenters. The number of ether oxygens (including phenoxy) is 1. The summed E-state index contributed by atoms with van der Waals surface area (Å²) in [6.07, 6.45) is 4.94. The van der Waals surface area contributed by atoms with E-state index in [9.17, 15) is 10.1 Å². The summed E-state index contributed by atoms with van der Waals surface area (Å²) in [7, 11) is 1.55. The Morgan fingerprint density at radius 2 is 2.07 bits per heavy atom. The number of methoxy groups -OCH3 is 1. The lowest BCUT2D eigenvalue weighted by molar-refractivity contribution is -0.112. The van der Waals surface area contributed by atoms with Gasteiger partial charge in [-0.3, -0.25) is 9.48 Å². The maximum absolute atomic E-state index is 12.4. The second-order valence-corrected chi connectivity index (χ2v) is 5.81. The smallest absolute Gasteiger partial charge is 0.266 e. The van der Waals surface area contributed by atoms with E-state index in [1.807, 2.05) is 36.4 Å². The lowest BCUT2D eigenvalue weighted by Gasteiger charge is -2.06. The molecule has 134 valence electrons. The molecule has 0 saturated heterocycles. The molecule has 0 saturated carbocycles. The van der Waals surface area contributed by atoms with Crippen LogP contribution in [0.5, 0.6) is 5.75 Å². The molecule has 6 nitrogen and oxygen atoms in total. The molecule has 1 N–H and O–H groups in total. The van der Waals surface area contributed by atoms with Gasteiger partial charge in [-0.1, -0.05) is 36.4 Å². The molecule has 0 aliphatic carbocycles. The van der Waals surface area contributed by atoms with Crippen LogP contribution in [0.4, 0.5) is 5.69 Å². The highest BCUT2D eigenvalue weighted by atomic mass is 16.5. The number of aromatic nitrogens is 2. The van der Waals surface area contributed by atoms with Crippen molar-refractivity contribution in [3.8, 4) is 11.8 Å². The summed E-state index contributed by atoms with van der Waals surface area (Å²) in [5.41, 5.74) is 2.35. The Labute approximate surface area is 157 Å². The molecule has 27 heavy (non-hydrogen) atoms. The van der Waals surface area contributed by atoms with Crippen LogP contribution in [0.2, 0.25) is 0 Å². The number of carbonyl (C=O) groups is 1. The fraction of sp³-hybridized carbons (Fsp3) is 0.0952. The van der Waals surface area contributed by atoms with E-state index < -0.39 is 5.91 Å². The van der Waals surface area contributed by atoms with Crippen molar-refractivity contribution in [1.29, 1.82) is 5.26 Å². The Kier molecular flexibility index (Phi) is 5.65. The van der Waals surface area contributed by atoms with E-state index in [1.165, 1.54) is 6.08 Å². The summed E-state index contributed by atoms with van der Waals surface area (Å²) < 4.78 is 6.89. The third-order valence-corrected chi connectivity index (χ3v) is 3.84. The quantitative estimate of drug-likeness (QED) is 0.540. The standard InChI is InChI=1S/C21H18N4O2/c1-27-20-9-5-8-19(11-20)24-21(26)18(12-22)10-17-13-23-25(15-17)14-16-6-3-2-4-7-16/h2-11,13,15H,14H2,1H3,(H,24,26). The molecule has 2 aromatic carbocycles. The molecule has 3 aromatic rings. The highest BCUT2D eigenvalue weighted by Gasteiger charge is 2.11. The molecule has 3 rings (SSSR count). The van der Waals surface area contributed by atoms with Gasteiger partial charge in [0.1, 0.15) is 17.4 Å². The van der Waals surface area contributed by atoms with E-state index >= 15 is 0 Å². The summed E-state index contributed by atoms with van der Waals surface area (Å²) in [4.78, 5) is 12.4. The zero-order valence-corrected chi connectivity index (χ0v) is 14.8. The summed E-state index contributed by atoms with van der Waals surface area (Å²) in [6.45, 7) is 0.618. The second-order valence-electron chi connectivity index (χ2n) is 5.81. The van der Waals surface area contributed by atoms with E-state index in [-0.39, 0.29) is 5.57 Å². The van der Waals surface area contributed by atoms with E-state index in [4.69, 9.17) is 4.74 Å². The summed E-state index contributed by atoms with van der Waals surface area (Å²) in [5.74, 6) is 0.138. The Morgan fingerprint density at radius 3 is 2.81 bits per heavy atom. The Bertz CT molecular complexity index is 1000. The van der Waals surface area contributed by atoms with Crippen LogP contribution in [0.1, 0.15) is 11.1 Å². The first kappa shape index (κ1) is 18.0. The van der Waals surface area contributed by atoms with Crippen LogP contribution in [0.15, 0.2) is 72.6 Å². The van der Waals surface area contributed by atoms with E-state index in [1.54, 1.807) is 48.5 Å². The molecule has 0 fully saturated rings. The number of nitriles is 1. The molecule has 6 heteroatoms. The summed E-state index contributed by atoms with van der Waals surface area (Å²) >= 11 is 0. The van der Waals surface area contributed by atoms with Crippen LogP contribution in [0.3, 0.4) is 0 Å². The van der Waals surface area contributed by atoms with Crippen LogP contribution in [0, 0.1) is 11.3 Å². The maximum atomic E-state index is 12.4. The molecule has 1 amide bonds. The number of nitrogens with zero attached hydrogens (tertiary/aromatic N) is 3. The number of carbonyl (C=O) groups excluding carboxylic acids is 1. The number of anilines is 1. The van der Waals surface area contributed by atoms with Crippen molar-refractivity contribution < 1.29 is 9.53 Å². The number of hydrogen-bond acceptors (Lipinski definition) is 4.